The lowest BCUT2D eigenvalue weighted by Gasteiger charge is -2.10. The minimum atomic E-state index is 0. The van der Waals surface area contributed by atoms with Gasteiger partial charge in [-0.05, 0) is 240 Å². The van der Waals surface area contributed by atoms with E-state index in [2.05, 4.69) is 437 Å². The summed E-state index contributed by atoms with van der Waals surface area (Å²) < 4.78 is 0. The van der Waals surface area contributed by atoms with Gasteiger partial charge in [0.2, 0.25) is 0 Å². The van der Waals surface area contributed by atoms with Crippen molar-refractivity contribution in [3.05, 3.63) is 183 Å². The van der Waals surface area contributed by atoms with Crippen LogP contribution in [0.25, 0.3) is 0 Å². The molecule has 0 nitrogen and oxygen atoms in total. The predicted molar refractivity (Wildman–Crippen MR) is 690 cm³/mol. The summed E-state index contributed by atoms with van der Waals surface area (Å²) in [5.41, 5.74) is 6.81. The maximum atomic E-state index is 3.75. The first kappa shape index (κ1) is 250. The molecule has 0 N–H and O–H groups in total. The van der Waals surface area contributed by atoms with Crippen molar-refractivity contribution in [1.82, 2.24) is 0 Å². The molecule has 0 aromatic rings. The Hall–Kier alpha value is -3.90. The average Bonchev–Trinajstić information content (AvgIpc) is 1.05. The number of rotatable bonds is 30. The minimum Gasteiger partial charge on any atom is -0.103 e. The Labute approximate surface area is 875 Å². The molecule has 0 radical (unpaired) electrons. The van der Waals surface area contributed by atoms with Crippen molar-refractivity contribution in [2.45, 2.75) is 632 Å². The zero-order valence-electron chi connectivity index (χ0n) is 92.9. The normalized spacial score (nSPS) is 8.63. The largest absolute Gasteiger partial charge is 0.103 e. The van der Waals surface area contributed by atoms with Crippen LogP contribution in [0, 0.1) is 65.1 Å². The summed E-state index contributed by atoms with van der Waals surface area (Å²) >= 11 is 0. The molecule has 0 aliphatic rings. The van der Waals surface area contributed by atoms with E-state index in [4.69, 9.17) is 0 Å². The molecule has 0 aromatic carbocycles. The van der Waals surface area contributed by atoms with Crippen LogP contribution in [0.15, 0.2) is 183 Å². The highest BCUT2D eigenvalue weighted by atomic mass is 14.1. The first-order valence-electron chi connectivity index (χ1n) is 48.7. The molecule has 0 aliphatic heterocycles. The summed E-state index contributed by atoms with van der Waals surface area (Å²) in [7, 11) is 0. The van der Waals surface area contributed by atoms with Crippen LogP contribution in [-0.2, 0) is 0 Å². The first-order chi connectivity index (χ1) is 54.5. The van der Waals surface area contributed by atoms with Gasteiger partial charge in [0.05, 0.1) is 0 Å². The van der Waals surface area contributed by atoms with Crippen molar-refractivity contribution < 1.29 is 0 Å². The van der Waals surface area contributed by atoms with Gasteiger partial charge >= 0.3 is 0 Å². The van der Waals surface area contributed by atoms with Gasteiger partial charge in [0.1, 0.15) is 0 Å². The number of hydrogen-bond acceptors (Lipinski definition) is 0. The number of allylic oxidation sites excluding steroid dienone is 23. The highest BCUT2D eigenvalue weighted by Crippen LogP contribution is 2.12. The SMILES string of the molecule is C.C.C.C.C.C.C.C.C.C.C.C.C.C.C.C.C/C=C/C(C)C.C/C=C/CCC.C/C=C\C(C)C.C/C=C\CCC.C=C(C)C(C)C.C=C(C)CCC.C=CC.C=CC.C=CC.C=CCC(C)C.C=CCCCC.CC(C)=C(C)C.CC(C)C.CC(C)CC(C)C.CC/C=C/CC.CC/C=C\CC.CCC(C)C(C)C.CCC=C(C)C.CCCC.CCCC(C)CC.CCCCC(C)C. The molecule has 2 unspecified atom stereocenters. The molecule has 0 bridgehead atoms. The molecule has 0 saturated heterocycles. The smallest absolute Gasteiger partial charge is 0.0266 e. The van der Waals surface area contributed by atoms with E-state index in [1.807, 2.05) is 53.7 Å². The molecule has 0 heterocycles. The van der Waals surface area contributed by atoms with E-state index in [1.54, 1.807) is 18.2 Å². The molecular formula is C133H310. The second kappa shape index (κ2) is 273. The van der Waals surface area contributed by atoms with E-state index in [1.165, 1.54) is 182 Å². The lowest BCUT2D eigenvalue weighted by atomic mass is 9.96. The Morgan fingerprint density at radius 2 is 0.571 bits per heavy atom. The molecular weight excluding hydrogens is 1600 g/mol. The van der Waals surface area contributed by atoms with Crippen molar-refractivity contribution in [3.8, 4) is 0 Å². The molecule has 2 atom stereocenters. The molecule has 0 aromatic heterocycles. The van der Waals surface area contributed by atoms with E-state index < -0.39 is 0 Å². The lowest BCUT2D eigenvalue weighted by molar-refractivity contribution is 0.407. The lowest BCUT2D eigenvalue weighted by Crippen LogP contribution is -2.00. The van der Waals surface area contributed by atoms with Crippen molar-refractivity contribution in [2.24, 2.45) is 65.1 Å². The molecule has 0 amide bonds. The van der Waals surface area contributed by atoms with E-state index >= 15 is 0 Å². The maximum Gasteiger partial charge on any atom is -0.0266 e. The zero-order valence-corrected chi connectivity index (χ0v) is 92.9. The van der Waals surface area contributed by atoms with Gasteiger partial charge in [0.15, 0.2) is 0 Å². The molecule has 0 rings (SSSR count). The summed E-state index contributed by atoms with van der Waals surface area (Å²) in [5, 5.41) is 0. The topological polar surface area (TPSA) is 0 Å². The molecule has 0 aliphatic carbocycles. The van der Waals surface area contributed by atoms with Crippen molar-refractivity contribution in [2.75, 3.05) is 0 Å². The Morgan fingerprint density at radius 1 is 0.293 bits per heavy atom. The van der Waals surface area contributed by atoms with Crippen LogP contribution in [-0.4, -0.2) is 0 Å². The van der Waals surface area contributed by atoms with Crippen LogP contribution in [0.1, 0.15) is 632 Å². The van der Waals surface area contributed by atoms with Gasteiger partial charge < -0.3 is 0 Å². The fourth-order valence-electron chi connectivity index (χ4n) is 6.34. The van der Waals surface area contributed by atoms with Crippen LogP contribution in [0.3, 0.4) is 0 Å². The second-order valence-electron chi connectivity index (χ2n) is 34.0. The maximum absolute atomic E-state index is 3.75. The Balaban J connectivity index is -0.0000000207. The van der Waals surface area contributed by atoms with E-state index in [0.29, 0.717) is 5.92 Å². The average molecular weight is 1910 g/mol. The zero-order chi connectivity index (χ0) is 97.6. The van der Waals surface area contributed by atoms with E-state index in [0.717, 1.165) is 65.6 Å². The quantitative estimate of drug-likeness (QED) is 0.0497. The third-order valence-electron chi connectivity index (χ3n) is 14.3. The highest BCUT2D eigenvalue weighted by molar-refractivity contribution is 5.02. The van der Waals surface area contributed by atoms with Gasteiger partial charge in [0, 0.05) is 0 Å². The molecule has 0 saturated carbocycles. The third-order valence-corrected chi connectivity index (χ3v) is 14.3. The van der Waals surface area contributed by atoms with Gasteiger partial charge in [-0.1, -0.05) is 602 Å². The molecule has 133 heavy (non-hydrogen) atoms. The van der Waals surface area contributed by atoms with Crippen LogP contribution in [0.2, 0.25) is 0 Å². The van der Waals surface area contributed by atoms with Crippen molar-refractivity contribution in [1.29, 1.82) is 0 Å². The molecule has 0 fully saturated rings. The number of unbranched alkanes of at least 4 members (excludes halogenated alkanes) is 6. The Morgan fingerprint density at radius 3 is 0.609 bits per heavy atom. The molecule has 842 valence electrons. The van der Waals surface area contributed by atoms with Crippen molar-refractivity contribution >= 4 is 0 Å². The summed E-state index contributed by atoms with van der Waals surface area (Å²) in [6.45, 7) is 135. The molecule has 0 heteroatoms. The van der Waals surface area contributed by atoms with E-state index in [9.17, 15) is 0 Å². The standard InChI is InChI=1S/4C7H16.12C6H12.2C4H10.3C3H6.16CH4/c1-6(2)5-7(3)4;1-5-7(4)6(2)3;1-4-5-6-7(2)3;1-4-6-7(3)5-2;2*1-5(2)6(3)4;5*1-4-5-6(2)3;5*1-3-5-6-4-2;1-4(2)3;1-3-4-2;3*1-3-2;;;;;;;;;;;;;;;;/h2*6-7H,5H2,1-4H3;2*7H,4-6H2,1-3H3;1-4H3;6H,1H2,2-4H3;5H,4H2,1-3H3;2*4-6H,1-3H3;2,4-5H2,1,3H3;4,6H,1,5H2,2-3H3;2*5-6H,3-4H2,1-2H3;2*3,5H,4,6H2,1-2H3;3H,1,4-6H2,2H3;4H,1-3H3;3-4H2,1-2H3;3*3H,1H2,2H3;16*1H4/b;;;;;;;5-4+;5-4-;;;6-5+;6-5-;5-3+;5-3-;;;;;;;;;;;;;;;;;;;;;;. The van der Waals surface area contributed by atoms with E-state index in [-0.39, 0.29) is 119 Å². The summed E-state index contributed by atoms with van der Waals surface area (Å²) in [4.78, 5) is 0. The Bertz CT molecular complexity index is 1720. The number of hydrogen-bond donors (Lipinski definition) is 0. The predicted octanol–water partition coefficient (Wildman–Crippen LogP) is 56.0. The van der Waals surface area contributed by atoms with Gasteiger partial charge in [-0.25, -0.2) is 0 Å². The van der Waals surface area contributed by atoms with Crippen molar-refractivity contribution in [3.63, 3.8) is 0 Å². The van der Waals surface area contributed by atoms with Crippen LogP contribution >= 0.6 is 0 Å². The fraction of sp³-hybridized carbons (Fsp3) is 0.774. The van der Waals surface area contributed by atoms with Crippen LogP contribution in [0.4, 0.5) is 0 Å². The highest BCUT2D eigenvalue weighted by Gasteiger charge is 2.01. The first-order valence-corrected chi connectivity index (χ1v) is 48.7. The van der Waals surface area contributed by atoms with Gasteiger partial charge in [0.25, 0.3) is 0 Å². The Kier molecular flexibility index (Phi) is 512. The van der Waals surface area contributed by atoms with Gasteiger partial charge in [-0.2, -0.15) is 0 Å². The minimum absolute atomic E-state index is 0. The van der Waals surface area contributed by atoms with Crippen LogP contribution < -0.4 is 0 Å². The van der Waals surface area contributed by atoms with Crippen LogP contribution in [0.5, 0.6) is 0 Å². The molecule has 0 spiro atoms. The summed E-state index contributed by atoms with van der Waals surface area (Å²) in [6, 6.07) is 0. The van der Waals surface area contributed by atoms with Gasteiger partial charge in [-0.15, -0.1) is 39.5 Å². The fourth-order valence-corrected chi connectivity index (χ4v) is 6.34. The second-order valence-corrected chi connectivity index (χ2v) is 34.0. The summed E-state index contributed by atoms with van der Waals surface area (Å²) in [6.07, 6.45) is 68.8. The van der Waals surface area contributed by atoms with Gasteiger partial charge in [-0.3, -0.25) is 0 Å². The summed E-state index contributed by atoms with van der Waals surface area (Å²) in [5.74, 6) is 9.08. The monoisotopic (exact) mass is 1910 g/mol. The third kappa shape index (κ3) is 696.